The Morgan fingerprint density at radius 3 is 2.47 bits per heavy atom. The molecular weight excluding hydrogens is 272 g/mol. The van der Waals surface area contributed by atoms with E-state index in [9.17, 15) is 9.59 Å². The first-order valence-corrected chi connectivity index (χ1v) is 9.47. The molecule has 0 aromatic rings. The monoisotopic (exact) mass is 288 g/mol. The predicted octanol–water partition coefficient (Wildman–Crippen LogP) is 1.26. The molecule has 0 heterocycles. The van der Waals surface area contributed by atoms with Gasteiger partial charge in [-0.25, -0.2) is 0 Å². The average Bonchev–Trinajstić information content (AvgIpc) is 2.17. The molecule has 0 aliphatic heterocycles. The maximum Gasteiger partial charge on any atom is 0.223 e. The Morgan fingerprint density at radius 1 is 1.47 bits per heavy atom. The fourth-order valence-corrected chi connectivity index (χ4v) is 2.48. The molecular formula is C7H16ClN2O2P3. The van der Waals surface area contributed by atoms with Gasteiger partial charge >= 0.3 is 0 Å². The molecule has 0 rings (SSSR count). The number of likely N-dealkylation sites (N-methyl/N-ethyl adjacent to an activating group) is 1. The standard InChI is InChI=1S/C7H16ClN2O2P3/c1-9-5(6(11)4-8)2-3-7(12)10-15(13)14/h5,9H,2-4,13-14H2,1H3,(H,10,12). The molecule has 2 N–H and O–H groups in total. The van der Waals surface area contributed by atoms with Crippen molar-refractivity contribution >= 4 is 48.6 Å². The lowest BCUT2D eigenvalue weighted by Gasteiger charge is -2.13. The summed E-state index contributed by atoms with van der Waals surface area (Å²) in [5, 5.41) is 5.60. The van der Waals surface area contributed by atoms with Crippen LogP contribution in [0.4, 0.5) is 0 Å². The van der Waals surface area contributed by atoms with Gasteiger partial charge in [0.2, 0.25) is 5.91 Å². The van der Waals surface area contributed by atoms with Crippen molar-refractivity contribution in [2.45, 2.75) is 18.9 Å². The van der Waals surface area contributed by atoms with Gasteiger partial charge in [-0.3, -0.25) is 9.59 Å². The lowest BCUT2D eigenvalue weighted by atomic mass is 10.1. The van der Waals surface area contributed by atoms with Crippen molar-refractivity contribution in [2.75, 3.05) is 12.9 Å². The lowest BCUT2D eigenvalue weighted by molar-refractivity contribution is -0.120. The van der Waals surface area contributed by atoms with Crippen LogP contribution < -0.4 is 10.4 Å². The highest BCUT2D eigenvalue weighted by atomic mass is 35.5. The van der Waals surface area contributed by atoms with Gasteiger partial charge < -0.3 is 10.4 Å². The van der Waals surface area contributed by atoms with E-state index in [4.69, 9.17) is 11.6 Å². The Labute approximate surface area is 101 Å². The number of rotatable bonds is 7. The summed E-state index contributed by atoms with van der Waals surface area (Å²) >= 11 is 5.43. The fraction of sp³-hybridized carbons (Fsp3) is 0.714. The second-order valence-corrected chi connectivity index (χ2v) is 9.35. The number of carbonyl (C=O) groups is 2. The Morgan fingerprint density at radius 2 is 2.07 bits per heavy atom. The molecule has 0 aliphatic carbocycles. The van der Waals surface area contributed by atoms with Crippen molar-refractivity contribution in [1.82, 2.24) is 10.4 Å². The molecule has 8 heteroatoms. The number of amides is 1. The van der Waals surface area contributed by atoms with E-state index in [0.717, 1.165) is 0 Å². The van der Waals surface area contributed by atoms with Crippen LogP contribution in [-0.2, 0) is 9.59 Å². The first-order chi connectivity index (χ1) is 7.01. The average molecular weight is 289 g/mol. The molecule has 0 bridgehead atoms. The number of carbonyl (C=O) groups excluding carboxylic acids is 2. The molecule has 88 valence electrons. The minimum absolute atomic E-state index is 0.0207. The summed E-state index contributed by atoms with van der Waals surface area (Å²) < 4.78 is 0. The Hall–Kier alpha value is 0.680. The summed E-state index contributed by atoms with van der Waals surface area (Å²) in [6.45, 7) is 0. The van der Waals surface area contributed by atoms with Gasteiger partial charge in [0, 0.05) is 13.9 Å². The molecule has 3 unspecified atom stereocenters. The molecule has 0 spiro atoms. The zero-order valence-corrected chi connectivity index (χ0v) is 12.5. The van der Waals surface area contributed by atoms with Gasteiger partial charge in [0.05, 0.1) is 11.9 Å². The number of nitrogens with one attached hydrogen (secondary N) is 2. The first kappa shape index (κ1) is 15.7. The molecule has 3 atom stereocenters. The van der Waals surface area contributed by atoms with E-state index >= 15 is 0 Å². The van der Waals surface area contributed by atoms with E-state index in [1.54, 1.807) is 7.05 Å². The maximum absolute atomic E-state index is 11.3. The highest BCUT2D eigenvalue weighted by Crippen LogP contribution is 2.48. The van der Waals surface area contributed by atoms with Crippen LogP contribution in [0, 0.1) is 0 Å². The third kappa shape index (κ3) is 7.55. The molecule has 0 radical (unpaired) electrons. The van der Waals surface area contributed by atoms with Gasteiger partial charge in [0.1, 0.15) is 0 Å². The Bertz CT molecular complexity index is 228. The van der Waals surface area contributed by atoms with Crippen LogP contribution >= 0.6 is 36.9 Å². The van der Waals surface area contributed by atoms with Gasteiger partial charge in [0.25, 0.3) is 0 Å². The zero-order valence-electron chi connectivity index (χ0n) is 8.50. The predicted molar refractivity (Wildman–Crippen MR) is 72.3 cm³/mol. The second kappa shape index (κ2) is 8.79. The SMILES string of the molecule is CNC(CCC(=O)NP(P)P)C(=O)CCl. The van der Waals surface area contributed by atoms with Crippen LogP contribution in [0.3, 0.4) is 0 Å². The molecule has 0 saturated heterocycles. The van der Waals surface area contributed by atoms with E-state index in [2.05, 4.69) is 28.3 Å². The number of hydrogen-bond acceptors (Lipinski definition) is 3. The number of ketones is 1. The van der Waals surface area contributed by atoms with E-state index in [1.807, 2.05) is 0 Å². The molecule has 0 aliphatic rings. The number of alkyl halides is 1. The van der Waals surface area contributed by atoms with Crippen LogP contribution in [0.25, 0.3) is 0 Å². The summed E-state index contributed by atoms with van der Waals surface area (Å²) in [6.07, 6.45) is 0.808. The fourth-order valence-electron chi connectivity index (χ4n) is 1.03. The number of Topliss-reactive ketones (excluding diaryl/α,β-unsaturated/α-hetero) is 1. The Kier molecular flexibility index (Phi) is 9.19. The van der Waals surface area contributed by atoms with Crippen molar-refractivity contribution in [2.24, 2.45) is 0 Å². The minimum Gasteiger partial charge on any atom is -0.329 e. The molecule has 4 nitrogen and oxygen atoms in total. The number of halogens is 1. The van der Waals surface area contributed by atoms with Gasteiger partial charge in [-0.1, -0.05) is 17.9 Å². The van der Waals surface area contributed by atoms with Crippen LogP contribution in [0.5, 0.6) is 0 Å². The van der Waals surface area contributed by atoms with Crippen LogP contribution in [0.1, 0.15) is 12.8 Å². The highest BCUT2D eigenvalue weighted by molar-refractivity contribution is 8.42. The first-order valence-electron chi connectivity index (χ1n) is 4.36. The summed E-state index contributed by atoms with van der Waals surface area (Å²) in [5.74, 6) is -0.146. The molecule has 15 heavy (non-hydrogen) atoms. The van der Waals surface area contributed by atoms with E-state index in [1.165, 1.54) is 0 Å². The maximum atomic E-state index is 11.3. The largest absolute Gasteiger partial charge is 0.329 e. The van der Waals surface area contributed by atoms with Crippen molar-refractivity contribution in [1.29, 1.82) is 0 Å². The van der Waals surface area contributed by atoms with Gasteiger partial charge in [-0.15, -0.1) is 11.6 Å². The van der Waals surface area contributed by atoms with Crippen LogP contribution in [0.2, 0.25) is 0 Å². The topological polar surface area (TPSA) is 58.2 Å². The van der Waals surface area contributed by atoms with Crippen molar-refractivity contribution in [3.63, 3.8) is 0 Å². The van der Waals surface area contributed by atoms with Gasteiger partial charge in [-0.2, -0.15) is 0 Å². The second-order valence-electron chi connectivity index (χ2n) is 2.92. The van der Waals surface area contributed by atoms with Crippen molar-refractivity contribution in [3.8, 4) is 0 Å². The quantitative estimate of drug-likeness (QED) is 0.548. The van der Waals surface area contributed by atoms with E-state index in [-0.39, 0.29) is 23.6 Å². The lowest BCUT2D eigenvalue weighted by Crippen LogP contribution is -2.36. The van der Waals surface area contributed by atoms with Gasteiger partial charge in [0.15, 0.2) is 5.78 Å². The molecule has 0 aromatic carbocycles. The van der Waals surface area contributed by atoms with Gasteiger partial charge in [-0.05, 0) is 13.5 Å². The third-order valence-corrected chi connectivity index (χ3v) is 3.33. The molecule has 0 aromatic heterocycles. The van der Waals surface area contributed by atoms with Crippen molar-refractivity contribution < 1.29 is 9.59 Å². The third-order valence-electron chi connectivity index (χ3n) is 1.78. The summed E-state index contributed by atoms with van der Waals surface area (Å²) in [4.78, 5) is 22.5. The van der Waals surface area contributed by atoms with Crippen LogP contribution in [0.15, 0.2) is 0 Å². The summed E-state index contributed by atoms with van der Waals surface area (Å²) in [7, 11) is 6.11. The minimum atomic E-state index is -0.592. The molecule has 1 amide bonds. The summed E-state index contributed by atoms with van der Waals surface area (Å²) in [6, 6.07) is -0.325. The molecule has 0 fully saturated rings. The smallest absolute Gasteiger partial charge is 0.223 e. The van der Waals surface area contributed by atoms with E-state index in [0.29, 0.717) is 12.8 Å². The zero-order chi connectivity index (χ0) is 11.8. The summed E-state index contributed by atoms with van der Waals surface area (Å²) in [5.41, 5.74) is 0. The normalized spacial score (nSPS) is 12.6. The highest BCUT2D eigenvalue weighted by Gasteiger charge is 2.16. The number of hydrogen-bond donors (Lipinski definition) is 2. The van der Waals surface area contributed by atoms with E-state index < -0.39 is 7.45 Å². The molecule has 0 saturated carbocycles. The Balaban J connectivity index is 3.90. The van der Waals surface area contributed by atoms with Crippen molar-refractivity contribution in [3.05, 3.63) is 0 Å². The van der Waals surface area contributed by atoms with Crippen LogP contribution in [-0.4, -0.2) is 30.7 Å².